The van der Waals surface area contributed by atoms with E-state index in [9.17, 15) is 18.0 Å². The molecule has 1 amide bonds. The van der Waals surface area contributed by atoms with Crippen LogP contribution in [0.5, 0.6) is 11.5 Å². The fourth-order valence-electron chi connectivity index (χ4n) is 4.53. The third-order valence-electron chi connectivity index (χ3n) is 5.76. The highest BCUT2D eigenvalue weighted by Crippen LogP contribution is 2.41. The number of hydrogen-bond acceptors (Lipinski definition) is 4. The number of rotatable bonds is 5. The summed E-state index contributed by atoms with van der Waals surface area (Å²) in [7, 11) is 3.21. The number of halogens is 3. The van der Waals surface area contributed by atoms with Crippen LogP contribution >= 0.6 is 0 Å². The van der Waals surface area contributed by atoms with Gasteiger partial charge in [-0.05, 0) is 31.9 Å². The van der Waals surface area contributed by atoms with E-state index in [1.54, 1.807) is 14.2 Å². The molecule has 1 aromatic carbocycles. The smallest absolute Gasteiger partial charge is 0.397 e. The third kappa shape index (κ3) is 4.71. The number of ether oxygens (including phenoxy) is 2. The van der Waals surface area contributed by atoms with Crippen LogP contribution in [0.3, 0.4) is 0 Å². The zero-order valence-electron chi connectivity index (χ0n) is 16.3. The van der Waals surface area contributed by atoms with Crippen molar-refractivity contribution in [3.05, 3.63) is 23.8 Å². The van der Waals surface area contributed by atoms with Crippen LogP contribution in [-0.2, 0) is 11.3 Å². The van der Waals surface area contributed by atoms with Crippen LogP contribution in [-0.4, -0.2) is 62.3 Å². The first kappa shape index (κ1) is 20.8. The van der Waals surface area contributed by atoms with Crippen LogP contribution < -0.4 is 9.47 Å². The standard InChI is InChI=1S/C20H27F3N2O3/c1-27-16-6-3-5-15(18(16)28-2)12-24-9-4-7-19(13-24)8-10-25(14-19)17(26)11-20(21,22)23/h3,5-6H,4,7-14H2,1-2H3/t19-/m0/s1. The predicted octanol–water partition coefficient (Wildman–Crippen LogP) is 3.47. The molecule has 8 heteroatoms. The zero-order valence-corrected chi connectivity index (χ0v) is 16.3. The van der Waals surface area contributed by atoms with E-state index >= 15 is 0 Å². The lowest BCUT2D eigenvalue weighted by Gasteiger charge is -2.40. The molecule has 156 valence electrons. The van der Waals surface area contributed by atoms with Crippen LogP contribution in [0.4, 0.5) is 13.2 Å². The van der Waals surface area contributed by atoms with E-state index in [0.29, 0.717) is 31.1 Å². The summed E-state index contributed by atoms with van der Waals surface area (Å²) in [5.74, 6) is 0.575. The SMILES string of the molecule is COc1cccc(CN2CCC[C@]3(CCN(C(=O)CC(F)(F)F)C3)C2)c1OC. The van der Waals surface area contributed by atoms with Crippen LogP contribution in [0.1, 0.15) is 31.2 Å². The summed E-state index contributed by atoms with van der Waals surface area (Å²) >= 11 is 0. The van der Waals surface area contributed by atoms with E-state index in [1.165, 1.54) is 4.90 Å². The number of hydrogen-bond donors (Lipinski definition) is 0. The monoisotopic (exact) mass is 400 g/mol. The lowest BCUT2D eigenvalue weighted by atomic mass is 9.79. The van der Waals surface area contributed by atoms with Crippen molar-refractivity contribution in [1.29, 1.82) is 0 Å². The number of alkyl halides is 3. The summed E-state index contributed by atoms with van der Waals surface area (Å²) in [5.41, 5.74) is 0.896. The molecule has 0 aromatic heterocycles. The minimum Gasteiger partial charge on any atom is -0.493 e. The number of carbonyl (C=O) groups is 1. The molecule has 2 saturated heterocycles. The van der Waals surface area contributed by atoms with Gasteiger partial charge in [-0.1, -0.05) is 12.1 Å². The van der Waals surface area contributed by atoms with Gasteiger partial charge in [-0.25, -0.2) is 0 Å². The van der Waals surface area contributed by atoms with Crippen molar-refractivity contribution in [1.82, 2.24) is 9.80 Å². The lowest BCUT2D eigenvalue weighted by Crippen LogP contribution is -2.45. The van der Waals surface area contributed by atoms with E-state index in [-0.39, 0.29) is 5.41 Å². The molecule has 2 heterocycles. The highest BCUT2D eigenvalue weighted by Gasteiger charge is 2.44. The highest BCUT2D eigenvalue weighted by molar-refractivity contribution is 5.77. The average molecular weight is 400 g/mol. The van der Waals surface area contributed by atoms with Gasteiger partial charge in [-0.15, -0.1) is 0 Å². The number of carbonyl (C=O) groups excluding carboxylic acids is 1. The quantitative estimate of drug-likeness (QED) is 0.759. The Bertz CT molecular complexity index is 710. The molecule has 0 saturated carbocycles. The number of nitrogens with zero attached hydrogens (tertiary/aromatic N) is 2. The number of methoxy groups -OCH3 is 2. The summed E-state index contributed by atoms with van der Waals surface area (Å²) in [4.78, 5) is 15.7. The summed E-state index contributed by atoms with van der Waals surface area (Å²) in [6.45, 7) is 3.18. The summed E-state index contributed by atoms with van der Waals surface area (Å²) in [5, 5.41) is 0. The molecule has 3 rings (SSSR count). The van der Waals surface area contributed by atoms with Gasteiger partial charge in [0.25, 0.3) is 0 Å². The molecule has 0 aliphatic carbocycles. The molecule has 1 spiro atoms. The van der Waals surface area contributed by atoms with Crippen molar-refractivity contribution in [3.63, 3.8) is 0 Å². The lowest BCUT2D eigenvalue weighted by molar-refractivity contribution is -0.161. The van der Waals surface area contributed by atoms with Crippen LogP contribution in [0.15, 0.2) is 18.2 Å². The second-order valence-corrected chi connectivity index (χ2v) is 7.82. The zero-order chi connectivity index (χ0) is 20.4. The van der Waals surface area contributed by atoms with Gasteiger partial charge in [0.15, 0.2) is 11.5 Å². The Morgan fingerprint density at radius 1 is 1.14 bits per heavy atom. The third-order valence-corrected chi connectivity index (χ3v) is 5.76. The first-order valence-corrected chi connectivity index (χ1v) is 9.52. The minimum absolute atomic E-state index is 0.119. The van der Waals surface area contributed by atoms with Crippen molar-refractivity contribution in [2.45, 2.75) is 38.4 Å². The van der Waals surface area contributed by atoms with Gasteiger partial charge in [-0.3, -0.25) is 9.69 Å². The molecule has 1 atom stereocenters. The first-order valence-electron chi connectivity index (χ1n) is 9.52. The molecule has 2 aliphatic heterocycles. The van der Waals surface area contributed by atoms with Gasteiger partial charge in [0.05, 0.1) is 14.2 Å². The maximum absolute atomic E-state index is 12.6. The van der Waals surface area contributed by atoms with Gasteiger partial charge in [0, 0.05) is 37.2 Å². The number of para-hydroxylation sites is 1. The Labute approximate surface area is 163 Å². The fraction of sp³-hybridized carbons (Fsp3) is 0.650. The van der Waals surface area contributed by atoms with Gasteiger partial charge < -0.3 is 14.4 Å². The minimum atomic E-state index is -4.45. The average Bonchev–Trinajstić information content (AvgIpc) is 3.03. The number of benzene rings is 1. The fourth-order valence-corrected chi connectivity index (χ4v) is 4.53. The molecule has 2 aliphatic rings. The molecule has 2 fully saturated rings. The molecular weight excluding hydrogens is 373 g/mol. The Morgan fingerprint density at radius 3 is 2.61 bits per heavy atom. The van der Waals surface area contributed by atoms with E-state index in [0.717, 1.165) is 37.9 Å². The Kier molecular flexibility index (Phi) is 6.07. The Hall–Kier alpha value is -1.96. The number of likely N-dealkylation sites (tertiary alicyclic amines) is 2. The van der Waals surface area contributed by atoms with E-state index in [2.05, 4.69) is 4.90 Å². The molecule has 0 N–H and O–H groups in total. The summed E-state index contributed by atoms with van der Waals surface area (Å²) in [6, 6.07) is 5.76. The molecule has 0 unspecified atom stereocenters. The first-order chi connectivity index (χ1) is 13.3. The van der Waals surface area contributed by atoms with Gasteiger partial charge in [-0.2, -0.15) is 13.2 Å². The largest absolute Gasteiger partial charge is 0.493 e. The van der Waals surface area contributed by atoms with Gasteiger partial charge in [0.2, 0.25) is 5.91 Å². The molecule has 0 bridgehead atoms. The predicted molar refractivity (Wildman–Crippen MR) is 98.4 cm³/mol. The summed E-state index contributed by atoms with van der Waals surface area (Å²) < 4.78 is 48.5. The molecule has 0 radical (unpaired) electrons. The van der Waals surface area contributed by atoms with Gasteiger partial charge >= 0.3 is 6.18 Å². The van der Waals surface area contributed by atoms with Crippen LogP contribution in [0, 0.1) is 5.41 Å². The molecule has 28 heavy (non-hydrogen) atoms. The maximum Gasteiger partial charge on any atom is 0.397 e. The Balaban J connectivity index is 1.66. The van der Waals surface area contributed by atoms with E-state index in [4.69, 9.17) is 9.47 Å². The normalized spacial score (nSPS) is 23.2. The molecular formula is C20H27F3N2O3. The van der Waals surface area contributed by atoms with Gasteiger partial charge in [0.1, 0.15) is 6.42 Å². The van der Waals surface area contributed by atoms with Crippen molar-refractivity contribution in [2.24, 2.45) is 5.41 Å². The van der Waals surface area contributed by atoms with E-state index < -0.39 is 18.5 Å². The van der Waals surface area contributed by atoms with Crippen LogP contribution in [0.2, 0.25) is 0 Å². The number of piperidine rings is 1. The maximum atomic E-state index is 12.6. The molecule has 5 nitrogen and oxygen atoms in total. The second kappa shape index (κ2) is 8.19. The topological polar surface area (TPSA) is 42.0 Å². The Morgan fingerprint density at radius 2 is 1.93 bits per heavy atom. The highest BCUT2D eigenvalue weighted by atomic mass is 19.4. The number of amides is 1. The van der Waals surface area contributed by atoms with Crippen molar-refractivity contribution >= 4 is 5.91 Å². The van der Waals surface area contributed by atoms with Crippen LogP contribution in [0.25, 0.3) is 0 Å². The van der Waals surface area contributed by atoms with Crippen molar-refractivity contribution in [3.8, 4) is 11.5 Å². The van der Waals surface area contributed by atoms with E-state index in [1.807, 2.05) is 18.2 Å². The second-order valence-electron chi connectivity index (χ2n) is 7.82. The van der Waals surface area contributed by atoms with Crippen molar-refractivity contribution < 1.29 is 27.4 Å². The van der Waals surface area contributed by atoms with Crippen molar-refractivity contribution in [2.75, 3.05) is 40.4 Å². The molecule has 1 aromatic rings. The summed E-state index contributed by atoms with van der Waals surface area (Å²) in [6.07, 6.45) is -3.16.